The molecule has 4 aromatic rings. The standard InChI is InChI=1S/C29H33N3O/c1-21(2)23(4)32(29(33)30-28-16-8-13-25-12-5-6-15-27(25)28)20-26-14-9-17-31(26)19-24-11-7-10-22(3)18-24/h5-18,21,23H,19-20H2,1-4H3,(H,30,33). The highest BCUT2D eigenvalue weighted by Crippen LogP contribution is 2.25. The second-order valence-corrected chi connectivity index (χ2v) is 9.19. The largest absolute Gasteiger partial charge is 0.345 e. The van der Waals surface area contributed by atoms with Crippen LogP contribution in [0.15, 0.2) is 85.1 Å². The molecule has 4 rings (SSSR count). The average molecular weight is 440 g/mol. The van der Waals surface area contributed by atoms with Crippen molar-refractivity contribution in [2.75, 3.05) is 5.32 Å². The van der Waals surface area contributed by atoms with E-state index >= 15 is 0 Å². The molecule has 3 aromatic carbocycles. The van der Waals surface area contributed by atoms with Crippen LogP contribution in [-0.2, 0) is 13.1 Å². The summed E-state index contributed by atoms with van der Waals surface area (Å²) in [6.07, 6.45) is 2.10. The van der Waals surface area contributed by atoms with Crippen molar-refractivity contribution in [2.24, 2.45) is 5.92 Å². The fraction of sp³-hybridized carbons (Fsp3) is 0.276. The minimum atomic E-state index is -0.0733. The van der Waals surface area contributed by atoms with Gasteiger partial charge >= 0.3 is 6.03 Å². The first kappa shape index (κ1) is 22.7. The first-order valence-corrected chi connectivity index (χ1v) is 11.7. The Hall–Kier alpha value is -3.53. The monoisotopic (exact) mass is 439 g/mol. The predicted molar refractivity (Wildman–Crippen MR) is 138 cm³/mol. The summed E-state index contributed by atoms with van der Waals surface area (Å²) in [6.45, 7) is 9.90. The number of fused-ring (bicyclic) bond motifs is 1. The Morgan fingerprint density at radius 1 is 0.939 bits per heavy atom. The first-order valence-electron chi connectivity index (χ1n) is 11.7. The number of amides is 2. The fourth-order valence-electron chi connectivity index (χ4n) is 4.21. The van der Waals surface area contributed by atoms with Gasteiger partial charge in [0.05, 0.1) is 12.2 Å². The van der Waals surface area contributed by atoms with E-state index in [1.807, 2.05) is 35.2 Å². The number of aromatic nitrogens is 1. The quantitative estimate of drug-likeness (QED) is 0.328. The van der Waals surface area contributed by atoms with Crippen molar-refractivity contribution in [3.8, 4) is 0 Å². The molecular formula is C29H33N3O. The van der Waals surface area contributed by atoms with E-state index in [9.17, 15) is 4.79 Å². The molecule has 1 atom stereocenters. The second-order valence-electron chi connectivity index (χ2n) is 9.19. The van der Waals surface area contributed by atoms with E-state index in [0.717, 1.165) is 28.7 Å². The molecule has 0 saturated heterocycles. The Bertz CT molecular complexity index is 1240. The number of carbonyl (C=O) groups excluding carboxylic acids is 1. The lowest BCUT2D eigenvalue weighted by Crippen LogP contribution is -2.43. The van der Waals surface area contributed by atoms with Gasteiger partial charge in [-0.05, 0) is 48.9 Å². The highest BCUT2D eigenvalue weighted by atomic mass is 16.2. The zero-order chi connectivity index (χ0) is 23.4. The Labute approximate surface area is 196 Å². The van der Waals surface area contributed by atoms with Crippen molar-refractivity contribution in [1.29, 1.82) is 0 Å². The number of rotatable bonds is 7. The van der Waals surface area contributed by atoms with Crippen molar-refractivity contribution < 1.29 is 4.79 Å². The summed E-state index contributed by atoms with van der Waals surface area (Å²) in [5, 5.41) is 5.35. The van der Waals surface area contributed by atoms with E-state index < -0.39 is 0 Å². The number of benzene rings is 3. The minimum absolute atomic E-state index is 0.0733. The average Bonchev–Trinajstić information content (AvgIpc) is 3.23. The lowest BCUT2D eigenvalue weighted by Gasteiger charge is -2.32. The molecule has 0 fully saturated rings. The number of anilines is 1. The van der Waals surface area contributed by atoms with E-state index in [-0.39, 0.29) is 12.1 Å². The Kier molecular flexibility index (Phi) is 6.83. The third-order valence-electron chi connectivity index (χ3n) is 6.44. The fourth-order valence-corrected chi connectivity index (χ4v) is 4.21. The number of hydrogen-bond donors (Lipinski definition) is 1. The van der Waals surface area contributed by atoms with Crippen LogP contribution >= 0.6 is 0 Å². The Morgan fingerprint density at radius 3 is 2.48 bits per heavy atom. The van der Waals surface area contributed by atoms with Gasteiger partial charge in [0.1, 0.15) is 0 Å². The molecule has 1 unspecified atom stereocenters. The van der Waals surface area contributed by atoms with Gasteiger partial charge in [0.15, 0.2) is 0 Å². The predicted octanol–water partition coefficient (Wildman–Crippen LogP) is 7.08. The van der Waals surface area contributed by atoms with Crippen LogP contribution in [0.2, 0.25) is 0 Å². The van der Waals surface area contributed by atoms with Gasteiger partial charge in [0, 0.05) is 29.9 Å². The highest BCUT2D eigenvalue weighted by molar-refractivity contribution is 6.01. The van der Waals surface area contributed by atoms with Gasteiger partial charge in [-0.3, -0.25) is 0 Å². The summed E-state index contributed by atoms with van der Waals surface area (Å²) in [7, 11) is 0. The second kappa shape index (κ2) is 9.95. The van der Waals surface area contributed by atoms with Gasteiger partial charge in [-0.25, -0.2) is 4.79 Å². The van der Waals surface area contributed by atoms with Gasteiger partial charge in [-0.15, -0.1) is 0 Å². The third-order valence-corrected chi connectivity index (χ3v) is 6.44. The lowest BCUT2D eigenvalue weighted by atomic mass is 10.0. The number of nitrogens with zero attached hydrogens (tertiary/aromatic N) is 2. The van der Waals surface area contributed by atoms with Crippen LogP contribution in [-0.4, -0.2) is 21.5 Å². The summed E-state index contributed by atoms with van der Waals surface area (Å²) >= 11 is 0. The van der Waals surface area contributed by atoms with Crippen LogP contribution < -0.4 is 5.32 Å². The van der Waals surface area contributed by atoms with E-state index in [0.29, 0.717) is 12.5 Å². The number of carbonyl (C=O) groups is 1. The molecule has 1 N–H and O–H groups in total. The molecule has 2 amide bonds. The van der Waals surface area contributed by atoms with E-state index in [2.05, 4.69) is 92.3 Å². The van der Waals surface area contributed by atoms with Gasteiger partial charge in [0.25, 0.3) is 0 Å². The number of nitrogens with one attached hydrogen (secondary N) is 1. The molecule has 0 bridgehead atoms. The number of urea groups is 1. The van der Waals surface area contributed by atoms with Crippen LogP contribution in [0, 0.1) is 12.8 Å². The minimum Gasteiger partial charge on any atom is -0.345 e. The first-order chi connectivity index (χ1) is 15.9. The van der Waals surface area contributed by atoms with Gasteiger partial charge in [-0.1, -0.05) is 80.1 Å². The van der Waals surface area contributed by atoms with Crippen LogP contribution in [0.1, 0.15) is 37.6 Å². The van der Waals surface area contributed by atoms with Gasteiger partial charge in [-0.2, -0.15) is 0 Å². The molecule has 170 valence electrons. The molecule has 1 aromatic heterocycles. The van der Waals surface area contributed by atoms with E-state index in [4.69, 9.17) is 0 Å². The maximum absolute atomic E-state index is 13.5. The van der Waals surface area contributed by atoms with Crippen LogP contribution in [0.4, 0.5) is 10.5 Å². The SMILES string of the molecule is Cc1cccc(Cn2cccc2CN(C(=O)Nc2cccc3ccccc23)C(C)C(C)C)c1. The molecule has 0 spiro atoms. The van der Waals surface area contributed by atoms with Crippen molar-refractivity contribution in [2.45, 2.75) is 46.8 Å². The summed E-state index contributed by atoms with van der Waals surface area (Å²) in [5.41, 5.74) is 4.48. The smallest absolute Gasteiger partial charge is 0.322 e. The number of aryl methyl sites for hydroxylation is 1. The summed E-state index contributed by atoms with van der Waals surface area (Å²) < 4.78 is 2.24. The molecule has 0 aliphatic heterocycles. The maximum Gasteiger partial charge on any atom is 0.322 e. The van der Waals surface area contributed by atoms with E-state index in [1.54, 1.807) is 0 Å². The van der Waals surface area contributed by atoms with Crippen molar-refractivity contribution in [1.82, 2.24) is 9.47 Å². The number of hydrogen-bond acceptors (Lipinski definition) is 1. The van der Waals surface area contributed by atoms with Gasteiger partial charge in [0.2, 0.25) is 0 Å². The maximum atomic E-state index is 13.5. The molecular weight excluding hydrogens is 406 g/mol. The van der Waals surface area contributed by atoms with Crippen molar-refractivity contribution >= 4 is 22.5 Å². The Morgan fingerprint density at radius 2 is 1.70 bits per heavy atom. The zero-order valence-corrected chi connectivity index (χ0v) is 20.0. The molecule has 33 heavy (non-hydrogen) atoms. The van der Waals surface area contributed by atoms with Crippen molar-refractivity contribution in [3.05, 3.63) is 102 Å². The third kappa shape index (κ3) is 5.28. The van der Waals surface area contributed by atoms with Crippen molar-refractivity contribution in [3.63, 3.8) is 0 Å². The highest BCUT2D eigenvalue weighted by Gasteiger charge is 2.24. The molecule has 4 heteroatoms. The normalized spacial score (nSPS) is 12.2. The van der Waals surface area contributed by atoms with Crippen LogP contribution in [0.25, 0.3) is 10.8 Å². The van der Waals surface area contributed by atoms with Gasteiger partial charge < -0.3 is 14.8 Å². The molecule has 0 aliphatic rings. The van der Waals surface area contributed by atoms with Crippen LogP contribution in [0.3, 0.4) is 0 Å². The molecule has 0 aliphatic carbocycles. The van der Waals surface area contributed by atoms with E-state index in [1.165, 1.54) is 11.1 Å². The Balaban J connectivity index is 1.58. The summed E-state index contributed by atoms with van der Waals surface area (Å²) in [6, 6.07) is 26.9. The molecule has 1 heterocycles. The van der Waals surface area contributed by atoms with Crippen LogP contribution in [0.5, 0.6) is 0 Å². The lowest BCUT2D eigenvalue weighted by molar-refractivity contribution is 0.168. The molecule has 0 saturated carbocycles. The molecule has 0 radical (unpaired) electrons. The zero-order valence-electron chi connectivity index (χ0n) is 20.0. The summed E-state index contributed by atoms with van der Waals surface area (Å²) in [5.74, 6) is 0.337. The summed E-state index contributed by atoms with van der Waals surface area (Å²) in [4.78, 5) is 15.5. The molecule has 4 nitrogen and oxygen atoms in total. The topological polar surface area (TPSA) is 37.3 Å².